The average Bonchev–Trinajstić information content (AvgIpc) is 2.73. The summed E-state index contributed by atoms with van der Waals surface area (Å²) in [6.45, 7) is 3.62. The molecule has 0 aliphatic carbocycles. The number of thiocarbonyl (C=S) groups is 1. The van der Waals surface area contributed by atoms with Crippen molar-refractivity contribution in [1.29, 1.82) is 0 Å². The van der Waals surface area contributed by atoms with E-state index in [0.29, 0.717) is 9.38 Å². The minimum atomic E-state index is -0.864. The van der Waals surface area contributed by atoms with Crippen molar-refractivity contribution in [2.45, 2.75) is 24.8 Å². The van der Waals surface area contributed by atoms with E-state index in [0.717, 1.165) is 0 Å². The van der Waals surface area contributed by atoms with E-state index >= 15 is 0 Å². The second-order valence-corrected chi connectivity index (χ2v) is 8.16. The number of nitrogens with one attached hydrogen (secondary N) is 1. The second kappa shape index (κ2) is 7.22. The normalized spacial score (nSPS) is 19.8. The van der Waals surface area contributed by atoms with Crippen LogP contribution in [0.2, 0.25) is 5.02 Å². The van der Waals surface area contributed by atoms with E-state index < -0.39 is 22.8 Å². The minimum Gasteiger partial charge on any atom is -0.339 e. The predicted molar refractivity (Wildman–Crippen MR) is 97.0 cm³/mol. The highest BCUT2D eigenvalue weighted by atomic mass is 35.5. The van der Waals surface area contributed by atoms with E-state index in [9.17, 15) is 14.4 Å². The number of halogens is 2. The lowest BCUT2D eigenvalue weighted by Gasteiger charge is -2.33. The molecular weight excluding hydrogens is 375 g/mol. The smallest absolute Gasteiger partial charge is 0.339 e. The molecule has 1 atom stereocenters. The summed E-state index contributed by atoms with van der Waals surface area (Å²) in [6, 6.07) is 3.57. The van der Waals surface area contributed by atoms with Crippen molar-refractivity contribution in [3.63, 3.8) is 0 Å². The number of hydrogen-bond donors (Lipinski definition) is 2. The third kappa shape index (κ3) is 3.64. The Morgan fingerprint density at radius 1 is 1.62 bits per heavy atom. The first-order valence-corrected chi connectivity index (χ1v) is 8.49. The number of nitrogens with zero attached hydrogens (tertiary/aromatic N) is 3. The van der Waals surface area contributed by atoms with Gasteiger partial charge in [0.2, 0.25) is 0 Å². The van der Waals surface area contributed by atoms with Crippen molar-refractivity contribution in [3.05, 3.63) is 34.6 Å². The minimum absolute atomic E-state index is 0.0971. The predicted octanol–water partition coefficient (Wildman–Crippen LogP) is 3.28. The molecule has 24 heavy (non-hydrogen) atoms. The Hall–Kier alpha value is -1.42. The van der Waals surface area contributed by atoms with E-state index in [2.05, 4.69) is 10.4 Å². The van der Waals surface area contributed by atoms with E-state index in [1.807, 2.05) is 13.8 Å². The van der Waals surface area contributed by atoms with Gasteiger partial charge in [-0.2, -0.15) is 10.2 Å². The third-order valence-corrected chi connectivity index (χ3v) is 5.22. The number of amides is 2. The van der Waals surface area contributed by atoms with E-state index in [-0.39, 0.29) is 10.6 Å². The SMILES string of the molecule is CNC(=O)N(O)[C@@H]1N(/N=C\c2c(F)cccc2Cl)C(=S)SC1(C)C. The van der Waals surface area contributed by atoms with Gasteiger partial charge in [0.15, 0.2) is 10.5 Å². The molecule has 1 saturated heterocycles. The number of thioether (sulfide) groups is 1. The van der Waals surface area contributed by atoms with Crippen LogP contribution in [0.5, 0.6) is 0 Å². The van der Waals surface area contributed by atoms with Gasteiger partial charge in [-0.3, -0.25) is 5.21 Å². The Labute approximate surface area is 153 Å². The van der Waals surface area contributed by atoms with Gasteiger partial charge in [-0.15, -0.1) is 0 Å². The molecule has 0 bridgehead atoms. The fourth-order valence-electron chi connectivity index (χ4n) is 2.21. The zero-order valence-corrected chi connectivity index (χ0v) is 15.5. The van der Waals surface area contributed by atoms with Gasteiger partial charge in [0, 0.05) is 12.6 Å². The molecule has 6 nitrogen and oxygen atoms in total. The molecule has 1 heterocycles. The third-order valence-electron chi connectivity index (χ3n) is 3.36. The van der Waals surface area contributed by atoms with Crippen molar-refractivity contribution in [3.8, 4) is 0 Å². The molecule has 2 amide bonds. The van der Waals surface area contributed by atoms with Crippen LogP contribution >= 0.6 is 35.6 Å². The zero-order valence-electron chi connectivity index (χ0n) is 13.2. The number of hydrazone groups is 1. The van der Waals surface area contributed by atoms with Crippen molar-refractivity contribution in [1.82, 2.24) is 15.4 Å². The molecule has 1 fully saturated rings. The zero-order chi connectivity index (χ0) is 18.1. The number of carbonyl (C=O) groups excluding carboxylic acids is 1. The fourth-order valence-corrected chi connectivity index (χ4v) is 4.21. The van der Waals surface area contributed by atoms with Crippen LogP contribution in [0.25, 0.3) is 0 Å². The van der Waals surface area contributed by atoms with Gasteiger partial charge in [-0.1, -0.05) is 41.6 Å². The summed E-state index contributed by atoms with van der Waals surface area (Å²) in [7, 11) is 1.39. The van der Waals surface area contributed by atoms with Crippen molar-refractivity contribution in [2.24, 2.45) is 5.10 Å². The lowest BCUT2D eigenvalue weighted by atomic mass is 10.1. The fraction of sp³-hybridized carbons (Fsp3) is 0.357. The Bertz CT molecular complexity index is 681. The van der Waals surface area contributed by atoms with Crippen LogP contribution in [0.1, 0.15) is 19.4 Å². The highest BCUT2D eigenvalue weighted by molar-refractivity contribution is 8.24. The molecule has 0 aromatic heterocycles. The second-order valence-electron chi connectivity index (χ2n) is 5.47. The van der Waals surface area contributed by atoms with Crippen LogP contribution in [0.3, 0.4) is 0 Å². The largest absolute Gasteiger partial charge is 0.343 e. The molecule has 2 N–H and O–H groups in total. The summed E-state index contributed by atoms with van der Waals surface area (Å²) in [5.41, 5.74) is 0.0971. The number of hydrogen-bond acceptors (Lipinski definition) is 5. The van der Waals surface area contributed by atoms with Gasteiger partial charge < -0.3 is 5.32 Å². The summed E-state index contributed by atoms with van der Waals surface area (Å²) >= 11 is 12.5. The van der Waals surface area contributed by atoms with Gasteiger partial charge >= 0.3 is 6.03 Å². The number of carbonyl (C=O) groups is 1. The lowest BCUT2D eigenvalue weighted by molar-refractivity contribution is -0.117. The van der Waals surface area contributed by atoms with Crippen LogP contribution in [0.4, 0.5) is 9.18 Å². The summed E-state index contributed by atoms with van der Waals surface area (Å²) < 4.78 is 13.6. The quantitative estimate of drug-likeness (QED) is 0.359. The Kier molecular flexibility index (Phi) is 5.69. The number of benzene rings is 1. The molecule has 1 aliphatic heterocycles. The van der Waals surface area contributed by atoms with E-state index in [1.54, 1.807) is 0 Å². The topological polar surface area (TPSA) is 68.2 Å². The molecule has 0 radical (unpaired) electrons. The first-order valence-electron chi connectivity index (χ1n) is 6.89. The molecule has 0 saturated carbocycles. The van der Waals surface area contributed by atoms with Crippen LogP contribution in [-0.2, 0) is 0 Å². The number of hydroxylamine groups is 2. The molecule has 1 aliphatic rings. The first kappa shape index (κ1) is 18.9. The Balaban J connectivity index is 2.37. The van der Waals surface area contributed by atoms with Crippen molar-refractivity contribution >= 4 is 52.1 Å². The standard InChI is InChI=1S/C14H16ClFN4O2S2/c1-14(2)11(20(22)12(21)17-3)19(13(23)24-14)18-7-8-9(15)5-4-6-10(8)16/h4-7,11,22H,1-3H3,(H,17,21)/b18-7-/t11-/m0/s1. The Morgan fingerprint density at radius 2 is 2.29 bits per heavy atom. The van der Waals surface area contributed by atoms with Gasteiger partial charge in [0.1, 0.15) is 5.82 Å². The van der Waals surface area contributed by atoms with Crippen LogP contribution in [0, 0.1) is 5.82 Å². The van der Waals surface area contributed by atoms with Crippen LogP contribution in [-0.4, -0.2) is 49.8 Å². The van der Waals surface area contributed by atoms with Gasteiger partial charge in [-0.05, 0) is 26.0 Å². The van der Waals surface area contributed by atoms with Gasteiger partial charge in [0.25, 0.3) is 0 Å². The molecule has 1 aromatic carbocycles. The van der Waals surface area contributed by atoms with Gasteiger partial charge in [-0.25, -0.2) is 14.2 Å². The maximum Gasteiger partial charge on any atom is 0.343 e. The highest BCUT2D eigenvalue weighted by Crippen LogP contribution is 2.42. The maximum atomic E-state index is 13.9. The highest BCUT2D eigenvalue weighted by Gasteiger charge is 2.49. The number of urea groups is 1. The summed E-state index contributed by atoms with van der Waals surface area (Å²) in [5, 5.41) is 18.7. The monoisotopic (exact) mass is 390 g/mol. The van der Waals surface area contributed by atoms with Crippen molar-refractivity contribution < 1.29 is 14.4 Å². The summed E-state index contributed by atoms with van der Waals surface area (Å²) in [4.78, 5) is 11.8. The molecule has 130 valence electrons. The maximum absolute atomic E-state index is 13.9. The molecule has 0 spiro atoms. The van der Waals surface area contributed by atoms with Crippen LogP contribution < -0.4 is 5.32 Å². The molecular formula is C14H16ClFN4O2S2. The van der Waals surface area contributed by atoms with Gasteiger partial charge in [0.05, 0.1) is 16.0 Å². The van der Waals surface area contributed by atoms with E-state index in [4.69, 9.17) is 23.8 Å². The first-order chi connectivity index (χ1) is 11.2. The number of rotatable bonds is 3. The average molecular weight is 391 g/mol. The molecule has 2 rings (SSSR count). The van der Waals surface area contributed by atoms with Crippen LogP contribution in [0.15, 0.2) is 23.3 Å². The molecule has 10 heteroatoms. The van der Waals surface area contributed by atoms with Crippen molar-refractivity contribution in [2.75, 3.05) is 7.05 Å². The van der Waals surface area contributed by atoms with E-state index in [1.165, 1.54) is 48.2 Å². The summed E-state index contributed by atoms with van der Waals surface area (Å²) in [5.74, 6) is -0.535. The summed E-state index contributed by atoms with van der Waals surface area (Å²) in [6.07, 6.45) is 0.355. The lowest BCUT2D eigenvalue weighted by Crippen LogP contribution is -2.55. The molecule has 0 unspecified atom stereocenters. The Morgan fingerprint density at radius 3 is 2.88 bits per heavy atom. The molecule has 1 aromatic rings.